The zero-order valence-corrected chi connectivity index (χ0v) is 38.3. The Kier molecular flexibility index (Phi) is 20.4. The van der Waals surface area contributed by atoms with Gasteiger partial charge in [0.2, 0.25) is 27.7 Å². The highest BCUT2D eigenvalue weighted by molar-refractivity contribution is 7.90. The van der Waals surface area contributed by atoms with Gasteiger partial charge in [0.25, 0.3) is 11.6 Å². The Labute approximate surface area is 370 Å². The summed E-state index contributed by atoms with van der Waals surface area (Å²) < 4.78 is 44.5. The highest BCUT2D eigenvalue weighted by Gasteiger charge is 2.43. The van der Waals surface area contributed by atoms with Gasteiger partial charge in [0.05, 0.1) is 47.3 Å². The molecule has 0 radical (unpaired) electrons. The summed E-state index contributed by atoms with van der Waals surface area (Å²) in [6.07, 6.45) is -0.765. The molecule has 0 spiro atoms. The number of sulfonamides is 1. The average Bonchev–Trinajstić information content (AvgIpc) is 3.74. The first-order valence-corrected chi connectivity index (χ1v) is 22.9. The lowest BCUT2D eigenvalue weighted by molar-refractivity contribution is -0.384. The maximum absolute atomic E-state index is 14.3. The molecule has 1 fully saturated rings. The number of ether oxygens (including phenoxy) is 3. The number of likely N-dealkylation sites (tertiary alicyclic amines) is 1. The van der Waals surface area contributed by atoms with Gasteiger partial charge in [-0.25, -0.2) is 13.2 Å². The predicted octanol–water partition coefficient (Wildman–Crippen LogP) is 3.15. The molecule has 0 unspecified atom stereocenters. The molecular weight excluding hydrogens is 839 g/mol. The van der Waals surface area contributed by atoms with Crippen molar-refractivity contribution in [2.75, 3.05) is 40.1 Å². The van der Waals surface area contributed by atoms with Gasteiger partial charge in [0.1, 0.15) is 17.8 Å². The number of nitrogens with one attached hydrogen (secondary N) is 3. The van der Waals surface area contributed by atoms with Crippen LogP contribution in [-0.2, 0) is 45.1 Å². The number of hydrogen-bond acceptors (Lipinski definition) is 13. The van der Waals surface area contributed by atoms with E-state index in [0.717, 1.165) is 0 Å². The third kappa shape index (κ3) is 15.0. The molecular formula is C43H65N7O12S. The third-order valence-corrected chi connectivity index (χ3v) is 12.9. The van der Waals surface area contributed by atoms with Crippen molar-refractivity contribution in [1.29, 1.82) is 0 Å². The van der Waals surface area contributed by atoms with E-state index in [-0.39, 0.29) is 54.8 Å². The molecule has 19 nitrogen and oxygen atoms in total. The Bertz CT molecular complexity index is 1950. The fraction of sp³-hybridized carbons (Fsp3) is 0.605. The molecule has 5 N–H and O–H groups in total. The second-order valence-electron chi connectivity index (χ2n) is 16.3. The van der Waals surface area contributed by atoms with Crippen LogP contribution in [0.3, 0.4) is 0 Å². The monoisotopic (exact) mass is 903 g/mol. The molecule has 8 atom stereocenters. The lowest BCUT2D eigenvalue weighted by Crippen LogP contribution is -2.58. The van der Waals surface area contributed by atoms with Gasteiger partial charge in [0, 0.05) is 46.4 Å². The fourth-order valence-electron chi connectivity index (χ4n) is 7.85. The molecule has 20 heteroatoms. The lowest BCUT2D eigenvalue weighted by atomic mass is 9.89. The normalized spacial score (nSPS) is 17.4. The first-order valence-electron chi connectivity index (χ1n) is 21.2. The number of hydrogen-bond donors (Lipinski definition) is 4. The summed E-state index contributed by atoms with van der Waals surface area (Å²) in [5.74, 6) is -3.97. The van der Waals surface area contributed by atoms with Crippen LogP contribution in [0.5, 0.6) is 5.75 Å². The highest BCUT2D eigenvalue weighted by atomic mass is 32.2. The minimum absolute atomic E-state index is 0.0101. The molecule has 350 valence electrons. The smallest absolute Gasteiger partial charge is 0.410 e. The number of non-ortho nitro benzene ring substituents is 1. The zero-order valence-electron chi connectivity index (χ0n) is 37.5. The lowest BCUT2D eigenvalue weighted by Gasteiger charge is -2.40. The molecule has 1 aliphatic rings. The van der Waals surface area contributed by atoms with E-state index in [1.165, 1.54) is 43.4 Å². The van der Waals surface area contributed by atoms with Gasteiger partial charge in [-0.3, -0.25) is 34.0 Å². The van der Waals surface area contributed by atoms with Gasteiger partial charge in [-0.2, -0.15) is 0 Å². The molecule has 0 saturated carbocycles. The van der Waals surface area contributed by atoms with Crippen molar-refractivity contribution in [2.24, 2.45) is 23.5 Å². The molecule has 3 rings (SSSR count). The van der Waals surface area contributed by atoms with E-state index in [0.29, 0.717) is 31.4 Å². The number of nitrogens with zero attached hydrogens (tertiary/aromatic N) is 3. The average molecular weight is 904 g/mol. The van der Waals surface area contributed by atoms with Crippen LogP contribution in [-0.4, -0.2) is 129 Å². The fourth-order valence-corrected chi connectivity index (χ4v) is 8.95. The number of nitro benzene ring substituents is 1. The summed E-state index contributed by atoms with van der Waals surface area (Å²) in [6, 6.07) is 10.3. The molecule has 0 aliphatic carbocycles. The SMILES string of the molecule is CC[C@H](C)[C@@H]([C@@H](CC(=O)N1CCC[C@H]1[C@H](OC)[C@@H](C)C(=O)N[C@@H](Cc1ccccc1)C(=O)NS(=O)(=O)CCCN)OC)N(C)C(=O)[C@@H](NC(=O)Oc1ccc([N+](=O)[O-])cc1)C(C)C. The minimum atomic E-state index is -4.02. The quantitative estimate of drug-likeness (QED) is 0.0873. The van der Waals surface area contributed by atoms with E-state index in [1.54, 1.807) is 63.1 Å². The van der Waals surface area contributed by atoms with E-state index in [4.69, 9.17) is 19.9 Å². The number of rotatable bonds is 24. The van der Waals surface area contributed by atoms with Crippen molar-refractivity contribution in [2.45, 2.75) is 110 Å². The van der Waals surface area contributed by atoms with Crippen molar-refractivity contribution >= 4 is 45.4 Å². The predicted molar refractivity (Wildman–Crippen MR) is 235 cm³/mol. The van der Waals surface area contributed by atoms with Crippen molar-refractivity contribution in [3.8, 4) is 5.75 Å². The number of amides is 5. The topological polar surface area (TPSA) is 259 Å². The first-order chi connectivity index (χ1) is 29.8. The molecule has 63 heavy (non-hydrogen) atoms. The van der Waals surface area contributed by atoms with E-state index in [1.807, 2.05) is 13.8 Å². The van der Waals surface area contributed by atoms with Gasteiger partial charge in [-0.15, -0.1) is 0 Å². The van der Waals surface area contributed by atoms with Crippen LogP contribution >= 0.6 is 0 Å². The van der Waals surface area contributed by atoms with Gasteiger partial charge >= 0.3 is 6.09 Å². The molecule has 0 aromatic heterocycles. The maximum Gasteiger partial charge on any atom is 0.413 e. The van der Waals surface area contributed by atoms with Gasteiger partial charge in [0.15, 0.2) is 0 Å². The van der Waals surface area contributed by atoms with Gasteiger partial charge < -0.3 is 40.4 Å². The first kappa shape index (κ1) is 52.2. The van der Waals surface area contributed by atoms with Crippen molar-refractivity contribution in [1.82, 2.24) is 25.2 Å². The summed E-state index contributed by atoms with van der Waals surface area (Å²) in [7, 11) is 0.470. The summed E-state index contributed by atoms with van der Waals surface area (Å²) in [4.78, 5) is 82.3. The highest BCUT2D eigenvalue weighted by Crippen LogP contribution is 2.30. The second-order valence-corrected chi connectivity index (χ2v) is 18.1. The van der Waals surface area contributed by atoms with Crippen LogP contribution in [0.1, 0.15) is 72.3 Å². The Morgan fingerprint density at radius 1 is 0.968 bits per heavy atom. The summed E-state index contributed by atoms with van der Waals surface area (Å²) in [5.41, 5.74) is 5.98. The van der Waals surface area contributed by atoms with E-state index >= 15 is 0 Å². The van der Waals surface area contributed by atoms with Gasteiger partial charge in [-0.1, -0.05) is 71.4 Å². The van der Waals surface area contributed by atoms with Crippen molar-refractivity contribution in [3.05, 3.63) is 70.3 Å². The summed E-state index contributed by atoms with van der Waals surface area (Å²) in [5, 5.41) is 16.4. The van der Waals surface area contributed by atoms with E-state index in [9.17, 15) is 42.5 Å². The van der Waals surface area contributed by atoms with Crippen LogP contribution in [0.25, 0.3) is 0 Å². The molecule has 0 bridgehead atoms. The van der Waals surface area contributed by atoms with Crippen LogP contribution in [0, 0.1) is 27.9 Å². The van der Waals surface area contributed by atoms with Crippen LogP contribution < -0.4 is 25.8 Å². The number of methoxy groups -OCH3 is 2. The standard InChI is InChI=1S/C43H65N7O12S/c1-9-28(4)38(48(6)42(54)37(27(2)3)46-43(55)62-32-20-18-31(19-21-32)50(56)57)35(60-7)26-36(51)49-23-13-17-34(49)39(61-8)29(5)40(52)45-33(25-30-15-11-10-12-16-30)41(53)47-63(58,59)24-14-22-44/h10-12,15-16,18-21,27-29,33-35,37-39H,9,13-14,17,22-26,44H2,1-8H3,(H,45,52)(H,46,55)(H,47,53)/t28-,29+,33-,34-,35+,37-,38-,39+/m0/s1. The number of nitrogens with two attached hydrogens (primary N) is 1. The van der Waals surface area contributed by atoms with Crippen molar-refractivity contribution < 1.29 is 51.5 Å². The third-order valence-electron chi connectivity index (χ3n) is 11.5. The Morgan fingerprint density at radius 3 is 2.17 bits per heavy atom. The van der Waals surface area contributed by atoms with Crippen LogP contribution in [0.2, 0.25) is 0 Å². The molecule has 1 aliphatic heterocycles. The maximum atomic E-state index is 14.3. The summed E-state index contributed by atoms with van der Waals surface area (Å²) >= 11 is 0. The second kappa shape index (κ2) is 24.6. The summed E-state index contributed by atoms with van der Waals surface area (Å²) in [6.45, 7) is 9.51. The van der Waals surface area contributed by atoms with Crippen LogP contribution in [0.15, 0.2) is 54.6 Å². The molecule has 5 amide bonds. The van der Waals surface area contributed by atoms with Crippen molar-refractivity contribution in [3.63, 3.8) is 0 Å². The Morgan fingerprint density at radius 2 is 1.62 bits per heavy atom. The largest absolute Gasteiger partial charge is 0.413 e. The molecule has 1 heterocycles. The number of benzene rings is 2. The number of carbonyl (C=O) groups is 5. The molecule has 2 aromatic rings. The Balaban J connectivity index is 1.78. The van der Waals surface area contributed by atoms with Crippen LogP contribution in [0.4, 0.5) is 10.5 Å². The number of likely N-dealkylation sites (N-methyl/N-ethyl adjacent to an activating group) is 1. The van der Waals surface area contributed by atoms with E-state index < -0.39 is 87.0 Å². The molecule has 1 saturated heterocycles. The number of nitro groups is 1. The zero-order chi connectivity index (χ0) is 47.0. The number of carbonyl (C=O) groups excluding carboxylic acids is 5. The Hall–Kier alpha value is -5.18. The minimum Gasteiger partial charge on any atom is -0.410 e. The molecule has 2 aromatic carbocycles. The van der Waals surface area contributed by atoms with Gasteiger partial charge in [-0.05, 0) is 55.3 Å². The van der Waals surface area contributed by atoms with E-state index in [2.05, 4.69) is 15.4 Å².